The van der Waals surface area contributed by atoms with Crippen LogP contribution < -0.4 is 5.32 Å². The van der Waals surface area contributed by atoms with Crippen molar-refractivity contribution in [3.8, 4) is 0 Å². The van der Waals surface area contributed by atoms with Crippen molar-refractivity contribution in [2.24, 2.45) is 0 Å². The molecule has 0 radical (unpaired) electrons. The second-order valence-corrected chi connectivity index (χ2v) is 4.04. The second-order valence-electron chi connectivity index (χ2n) is 3.50. The van der Waals surface area contributed by atoms with Gasteiger partial charge in [-0.1, -0.05) is 18.2 Å². The Labute approximate surface area is 99.9 Å². The van der Waals surface area contributed by atoms with Crippen molar-refractivity contribution in [3.05, 3.63) is 35.5 Å². The Hall–Kier alpha value is -1.55. The summed E-state index contributed by atoms with van der Waals surface area (Å²) in [5.74, 6) is 0.595. The molecule has 0 aromatic carbocycles. The van der Waals surface area contributed by atoms with E-state index in [0.717, 1.165) is 0 Å². The molecular weight excluding hydrogens is 226 g/mol. The Morgan fingerprint density at radius 3 is 2.69 bits per heavy atom. The van der Waals surface area contributed by atoms with Gasteiger partial charge < -0.3 is 10.2 Å². The smallest absolute Gasteiger partial charge is 0.254 e. The van der Waals surface area contributed by atoms with E-state index in [0.29, 0.717) is 23.0 Å². The third kappa shape index (κ3) is 3.55. The highest BCUT2D eigenvalue weighted by Crippen LogP contribution is 2.07. The highest BCUT2D eigenvalue weighted by atomic mass is 35.5. The Morgan fingerprint density at radius 1 is 1.56 bits per heavy atom. The van der Waals surface area contributed by atoms with Gasteiger partial charge >= 0.3 is 0 Å². The van der Waals surface area contributed by atoms with E-state index in [2.05, 4.69) is 16.9 Å². The largest absolute Gasteiger partial charge is 0.365 e. The zero-order valence-electron chi connectivity index (χ0n) is 9.33. The van der Waals surface area contributed by atoms with Gasteiger partial charge in [-0.25, -0.2) is 4.98 Å². The summed E-state index contributed by atoms with van der Waals surface area (Å²) < 4.78 is 0. The number of hydrogen-bond acceptors (Lipinski definition) is 3. The predicted molar refractivity (Wildman–Crippen MR) is 65.7 cm³/mol. The van der Waals surface area contributed by atoms with Crippen LogP contribution in [-0.4, -0.2) is 36.4 Å². The normalized spacial score (nSPS) is 9.69. The van der Waals surface area contributed by atoms with Gasteiger partial charge in [0, 0.05) is 25.3 Å². The standard InChI is InChI=1S/C11H14ClN3O/c1-8(12)6-13-10-5-4-9(7-14-10)11(16)15(2)3/h4-5,7H,1,6H2,2-3H3,(H,13,14). The summed E-state index contributed by atoms with van der Waals surface area (Å²) >= 11 is 5.61. The highest BCUT2D eigenvalue weighted by Gasteiger charge is 2.07. The first-order chi connectivity index (χ1) is 7.50. The number of carbonyl (C=O) groups is 1. The first-order valence-corrected chi connectivity index (χ1v) is 5.13. The van der Waals surface area contributed by atoms with Gasteiger partial charge in [0.15, 0.2) is 0 Å². The summed E-state index contributed by atoms with van der Waals surface area (Å²) in [7, 11) is 3.40. The van der Waals surface area contributed by atoms with Crippen molar-refractivity contribution in [3.63, 3.8) is 0 Å². The van der Waals surface area contributed by atoms with Gasteiger partial charge in [0.05, 0.1) is 12.1 Å². The molecule has 0 atom stereocenters. The first kappa shape index (κ1) is 12.5. The lowest BCUT2D eigenvalue weighted by molar-refractivity contribution is 0.0827. The maximum Gasteiger partial charge on any atom is 0.254 e. The van der Waals surface area contributed by atoms with Gasteiger partial charge in [0.25, 0.3) is 5.91 Å². The van der Waals surface area contributed by atoms with Gasteiger partial charge in [-0.3, -0.25) is 4.79 Å². The van der Waals surface area contributed by atoms with E-state index in [-0.39, 0.29) is 5.91 Å². The number of amides is 1. The number of hydrogen-bond donors (Lipinski definition) is 1. The van der Waals surface area contributed by atoms with Crippen LogP contribution in [0, 0.1) is 0 Å². The number of pyridine rings is 1. The van der Waals surface area contributed by atoms with Crippen molar-refractivity contribution >= 4 is 23.3 Å². The molecule has 0 aliphatic carbocycles. The van der Waals surface area contributed by atoms with Crippen molar-refractivity contribution < 1.29 is 4.79 Å². The van der Waals surface area contributed by atoms with Gasteiger partial charge in [-0.05, 0) is 12.1 Å². The molecule has 1 amide bonds. The molecule has 0 spiro atoms. The number of nitrogens with one attached hydrogen (secondary N) is 1. The molecule has 1 rings (SSSR count). The van der Waals surface area contributed by atoms with E-state index in [1.807, 2.05) is 0 Å². The lowest BCUT2D eigenvalue weighted by Gasteiger charge is -2.10. The summed E-state index contributed by atoms with van der Waals surface area (Å²) in [4.78, 5) is 17.2. The summed E-state index contributed by atoms with van der Waals surface area (Å²) in [6.45, 7) is 4.01. The molecule has 86 valence electrons. The zero-order chi connectivity index (χ0) is 12.1. The second kappa shape index (κ2) is 5.51. The van der Waals surface area contributed by atoms with Gasteiger partial charge in [-0.2, -0.15) is 0 Å². The van der Waals surface area contributed by atoms with Crippen LogP contribution in [0.25, 0.3) is 0 Å². The topological polar surface area (TPSA) is 45.2 Å². The molecule has 0 bridgehead atoms. The fourth-order valence-corrected chi connectivity index (χ4v) is 1.14. The lowest BCUT2D eigenvalue weighted by atomic mass is 10.2. The molecule has 0 saturated heterocycles. The van der Waals surface area contributed by atoms with Crippen LogP contribution in [0.3, 0.4) is 0 Å². The van der Waals surface area contributed by atoms with Crippen molar-refractivity contribution in [2.75, 3.05) is 26.0 Å². The third-order valence-corrected chi connectivity index (χ3v) is 2.01. The molecule has 1 aromatic rings. The third-order valence-electron chi connectivity index (χ3n) is 1.88. The minimum Gasteiger partial charge on any atom is -0.365 e. The minimum atomic E-state index is -0.0687. The number of aromatic nitrogens is 1. The molecule has 1 N–H and O–H groups in total. The van der Waals surface area contributed by atoms with E-state index < -0.39 is 0 Å². The zero-order valence-corrected chi connectivity index (χ0v) is 10.1. The van der Waals surface area contributed by atoms with Crippen LogP contribution in [0.15, 0.2) is 29.9 Å². The quantitative estimate of drug-likeness (QED) is 0.874. The van der Waals surface area contributed by atoms with Crippen LogP contribution in [-0.2, 0) is 0 Å². The Kier molecular flexibility index (Phi) is 4.31. The summed E-state index contributed by atoms with van der Waals surface area (Å²) in [5, 5.41) is 3.48. The number of rotatable bonds is 4. The van der Waals surface area contributed by atoms with Crippen LogP contribution in [0.2, 0.25) is 0 Å². The summed E-state index contributed by atoms with van der Waals surface area (Å²) in [6.07, 6.45) is 1.53. The van der Waals surface area contributed by atoms with Gasteiger partial charge in [0.1, 0.15) is 5.82 Å². The maximum absolute atomic E-state index is 11.6. The number of carbonyl (C=O) groups excluding carboxylic acids is 1. The Bertz CT molecular complexity index is 387. The molecule has 0 saturated carbocycles. The SMILES string of the molecule is C=C(Cl)CNc1ccc(C(=O)N(C)C)cn1. The minimum absolute atomic E-state index is 0.0687. The van der Waals surface area contributed by atoms with Crippen molar-refractivity contribution in [2.45, 2.75) is 0 Å². The lowest BCUT2D eigenvalue weighted by Crippen LogP contribution is -2.21. The van der Waals surface area contributed by atoms with Crippen molar-refractivity contribution in [1.82, 2.24) is 9.88 Å². The van der Waals surface area contributed by atoms with E-state index in [4.69, 9.17) is 11.6 Å². The highest BCUT2D eigenvalue weighted by molar-refractivity contribution is 6.29. The van der Waals surface area contributed by atoms with Crippen LogP contribution in [0.1, 0.15) is 10.4 Å². The molecule has 16 heavy (non-hydrogen) atoms. The fraction of sp³-hybridized carbons (Fsp3) is 0.273. The monoisotopic (exact) mass is 239 g/mol. The number of halogens is 1. The number of anilines is 1. The molecule has 4 nitrogen and oxygen atoms in total. The average molecular weight is 240 g/mol. The summed E-state index contributed by atoms with van der Waals surface area (Å²) in [6, 6.07) is 3.45. The fourth-order valence-electron chi connectivity index (χ4n) is 1.07. The maximum atomic E-state index is 11.6. The van der Waals surface area contributed by atoms with Crippen LogP contribution >= 0.6 is 11.6 Å². The molecular formula is C11H14ClN3O. The van der Waals surface area contributed by atoms with E-state index in [1.165, 1.54) is 11.1 Å². The van der Waals surface area contributed by atoms with Gasteiger partial charge in [-0.15, -0.1) is 0 Å². The molecule has 5 heteroatoms. The van der Waals surface area contributed by atoms with Gasteiger partial charge in [0.2, 0.25) is 0 Å². The van der Waals surface area contributed by atoms with E-state index >= 15 is 0 Å². The van der Waals surface area contributed by atoms with E-state index in [1.54, 1.807) is 26.2 Å². The molecule has 0 aliphatic heterocycles. The predicted octanol–water partition coefficient (Wildman–Crippen LogP) is 1.95. The molecule has 0 fully saturated rings. The van der Waals surface area contributed by atoms with Crippen LogP contribution in [0.4, 0.5) is 5.82 Å². The molecule has 0 aliphatic rings. The molecule has 1 heterocycles. The molecule has 1 aromatic heterocycles. The first-order valence-electron chi connectivity index (χ1n) is 4.75. The Morgan fingerprint density at radius 2 is 2.25 bits per heavy atom. The summed E-state index contributed by atoms with van der Waals surface area (Å²) in [5.41, 5.74) is 0.556. The number of nitrogens with zero attached hydrogens (tertiary/aromatic N) is 2. The van der Waals surface area contributed by atoms with E-state index in [9.17, 15) is 4.79 Å². The van der Waals surface area contributed by atoms with Crippen LogP contribution in [0.5, 0.6) is 0 Å². The Balaban J connectivity index is 2.68. The van der Waals surface area contributed by atoms with Crippen molar-refractivity contribution in [1.29, 1.82) is 0 Å². The average Bonchev–Trinajstić information content (AvgIpc) is 2.26. The molecule has 0 unspecified atom stereocenters.